The lowest BCUT2D eigenvalue weighted by Crippen LogP contribution is -2.07. The van der Waals surface area contributed by atoms with Gasteiger partial charge in [0, 0.05) is 13.7 Å². The second-order valence-corrected chi connectivity index (χ2v) is 3.90. The van der Waals surface area contributed by atoms with Gasteiger partial charge in [0.1, 0.15) is 0 Å². The molecule has 3 nitrogen and oxygen atoms in total. The molecule has 0 fully saturated rings. The van der Waals surface area contributed by atoms with Crippen molar-refractivity contribution in [3.05, 3.63) is 35.4 Å². The van der Waals surface area contributed by atoms with Gasteiger partial charge < -0.3 is 9.84 Å². The Morgan fingerprint density at radius 1 is 1.38 bits per heavy atom. The summed E-state index contributed by atoms with van der Waals surface area (Å²) in [7, 11) is 1.69. The van der Waals surface area contributed by atoms with Gasteiger partial charge in [0.15, 0.2) is 0 Å². The molecule has 1 aromatic carbocycles. The van der Waals surface area contributed by atoms with E-state index < -0.39 is 11.9 Å². The third-order valence-corrected chi connectivity index (χ3v) is 2.66. The monoisotopic (exact) mass is 222 g/mol. The van der Waals surface area contributed by atoms with E-state index in [4.69, 9.17) is 9.84 Å². The van der Waals surface area contributed by atoms with Gasteiger partial charge in [0.25, 0.3) is 0 Å². The summed E-state index contributed by atoms with van der Waals surface area (Å²) in [6.45, 7) is 2.45. The molecular formula is C13H18O3. The van der Waals surface area contributed by atoms with Crippen molar-refractivity contribution in [3.8, 4) is 0 Å². The average Bonchev–Trinajstić information content (AvgIpc) is 2.29. The molecule has 16 heavy (non-hydrogen) atoms. The summed E-state index contributed by atoms with van der Waals surface area (Å²) in [6.07, 6.45) is 1.96. The van der Waals surface area contributed by atoms with Gasteiger partial charge in [-0.05, 0) is 30.9 Å². The first-order valence-corrected chi connectivity index (χ1v) is 5.45. The molecule has 0 aliphatic heterocycles. The Kier molecular flexibility index (Phi) is 4.99. The molecule has 1 rings (SSSR count). The molecule has 88 valence electrons. The van der Waals surface area contributed by atoms with E-state index in [1.54, 1.807) is 14.0 Å². The van der Waals surface area contributed by atoms with E-state index in [1.165, 1.54) is 5.56 Å². The molecule has 0 saturated heterocycles. The first-order valence-electron chi connectivity index (χ1n) is 5.45. The van der Waals surface area contributed by atoms with Crippen molar-refractivity contribution in [2.24, 2.45) is 0 Å². The summed E-state index contributed by atoms with van der Waals surface area (Å²) in [4.78, 5) is 10.8. The zero-order valence-electron chi connectivity index (χ0n) is 9.77. The van der Waals surface area contributed by atoms with E-state index in [1.807, 2.05) is 24.3 Å². The smallest absolute Gasteiger partial charge is 0.310 e. The molecule has 1 unspecified atom stereocenters. The number of hydrogen-bond acceptors (Lipinski definition) is 2. The van der Waals surface area contributed by atoms with E-state index in [0.29, 0.717) is 0 Å². The molecule has 0 aliphatic carbocycles. The number of hydrogen-bond donors (Lipinski definition) is 1. The van der Waals surface area contributed by atoms with E-state index in [2.05, 4.69) is 0 Å². The van der Waals surface area contributed by atoms with Crippen LogP contribution in [0.5, 0.6) is 0 Å². The maximum Gasteiger partial charge on any atom is 0.310 e. The van der Waals surface area contributed by atoms with Crippen LogP contribution in [-0.4, -0.2) is 24.8 Å². The lowest BCUT2D eigenvalue weighted by molar-refractivity contribution is -0.138. The van der Waals surface area contributed by atoms with Crippen LogP contribution in [0.15, 0.2) is 24.3 Å². The number of aryl methyl sites for hydroxylation is 1. The Bertz CT molecular complexity index is 330. The molecule has 0 aliphatic rings. The minimum atomic E-state index is -0.785. The maximum atomic E-state index is 10.8. The van der Waals surface area contributed by atoms with Crippen molar-refractivity contribution in [2.45, 2.75) is 25.7 Å². The predicted octanol–water partition coefficient (Wildman–Crippen LogP) is 2.45. The highest BCUT2D eigenvalue weighted by atomic mass is 16.5. The quantitative estimate of drug-likeness (QED) is 0.752. The summed E-state index contributed by atoms with van der Waals surface area (Å²) in [5.74, 6) is -1.22. The highest BCUT2D eigenvalue weighted by Gasteiger charge is 2.12. The fourth-order valence-corrected chi connectivity index (χ4v) is 1.54. The van der Waals surface area contributed by atoms with Crippen molar-refractivity contribution < 1.29 is 14.6 Å². The average molecular weight is 222 g/mol. The minimum absolute atomic E-state index is 0.437. The van der Waals surface area contributed by atoms with Gasteiger partial charge >= 0.3 is 5.97 Å². The van der Waals surface area contributed by atoms with Crippen LogP contribution in [0.2, 0.25) is 0 Å². The number of rotatable bonds is 6. The summed E-state index contributed by atoms with van der Waals surface area (Å²) >= 11 is 0. The van der Waals surface area contributed by atoms with Crippen LogP contribution in [0.4, 0.5) is 0 Å². The second-order valence-electron chi connectivity index (χ2n) is 3.90. The van der Waals surface area contributed by atoms with Gasteiger partial charge in [-0.25, -0.2) is 0 Å². The predicted molar refractivity (Wildman–Crippen MR) is 62.7 cm³/mol. The summed E-state index contributed by atoms with van der Waals surface area (Å²) < 4.78 is 4.98. The summed E-state index contributed by atoms with van der Waals surface area (Å²) in [5.41, 5.74) is 2.07. The van der Waals surface area contributed by atoms with Gasteiger partial charge in [-0.2, -0.15) is 0 Å². The van der Waals surface area contributed by atoms with Crippen molar-refractivity contribution in [2.75, 3.05) is 13.7 Å². The third-order valence-electron chi connectivity index (χ3n) is 2.66. The molecule has 0 radical (unpaired) electrons. The fraction of sp³-hybridized carbons (Fsp3) is 0.462. The Labute approximate surface area is 96.1 Å². The lowest BCUT2D eigenvalue weighted by Gasteiger charge is -2.07. The van der Waals surface area contributed by atoms with Gasteiger partial charge in [-0.15, -0.1) is 0 Å². The van der Waals surface area contributed by atoms with Crippen LogP contribution < -0.4 is 0 Å². The van der Waals surface area contributed by atoms with Crippen LogP contribution in [0, 0.1) is 0 Å². The SMILES string of the molecule is COCCCc1ccc(C(C)C(=O)O)cc1. The van der Waals surface area contributed by atoms with E-state index in [0.717, 1.165) is 25.0 Å². The molecule has 0 saturated carbocycles. The normalized spacial score (nSPS) is 12.4. The Hall–Kier alpha value is -1.35. The molecule has 1 N–H and O–H groups in total. The summed E-state index contributed by atoms with van der Waals surface area (Å²) in [6, 6.07) is 7.76. The number of ether oxygens (including phenoxy) is 1. The topological polar surface area (TPSA) is 46.5 Å². The molecule has 0 spiro atoms. The van der Waals surface area contributed by atoms with Gasteiger partial charge in [0.05, 0.1) is 5.92 Å². The first-order chi connectivity index (χ1) is 7.65. The first kappa shape index (κ1) is 12.7. The van der Waals surface area contributed by atoms with Crippen LogP contribution in [0.25, 0.3) is 0 Å². The Balaban J connectivity index is 2.57. The standard InChI is InChI=1S/C13H18O3/c1-10(13(14)15)12-7-5-11(6-8-12)4-3-9-16-2/h5-8,10H,3-4,9H2,1-2H3,(H,14,15). The molecule has 0 bridgehead atoms. The Morgan fingerprint density at radius 3 is 2.50 bits per heavy atom. The fourth-order valence-electron chi connectivity index (χ4n) is 1.54. The van der Waals surface area contributed by atoms with Crippen molar-refractivity contribution in [1.29, 1.82) is 0 Å². The van der Waals surface area contributed by atoms with E-state index >= 15 is 0 Å². The molecule has 0 aromatic heterocycles. The highest BCUT2D eigenvalue weighted by molar-refractivity contribution is 5.75. The number of carbonyl (C=O) groups is 1. The molecule has 0 amide bonds. The molecule has 3 heteroatoms. The third kappa shape index (κ3) is 3.66. The lowest BCUT2D eigenvalue weighted by atomic mass is 9.99. The second kappa shape index (κ2) is 6.28. The zero-order valence-corrected chi connectivity index (χ0v) is 9.77. The largest absolute Gasteiger partial charge is 0.481 e. The van der Waals surface area contributed by atoms with Crippen LogP contribution in [-0.2, 0) is 16.0 Å². The van der Waals surface area contributed by atoms with Crippen molar-refractivity contribution in [3.63, 3.8) is 0 Å². The van der Waals surface area contributed by atoms with Crippen LogP contribution in [0.1, 0.15) is 30.4 Å². The number of carboxylic acids is 1. The van der Waals surface area contributed by atoms with Gasteiger partial charge in [-0.3, -0.25) is 4.79 Å². The van der Waals surface area contributed by atoms with Crippen LogP contribution in [0.3, 0.4) is 0 Å². The number of methoxy groups -OCH3 is 1. The number of aliphatic carboxylic acids is 1. The Morgan fingerprint density at radius 2 is 2.00 bits per heavy atom. The molecule has 1 atom stereocenters. The number of carboxylic acid groups (broad SMARTS) is 1. The van der Waals surface area contributed by atoms with Crippen molar-refractivity contribution >= 4 is 5.97 Å². The van der Waals surface area contributed by atoms with E-state index in [-0.39, 0.29) is 0 Å². The highest BCUT2D eigenvalue weighted by Crippen LogP contribution is 2.16. The van der Waals surface area contributed by atoms with Gasteiger partial charge in [-0.1, -0.05) is 24.3 Å². The van der Waals surface area contributed by atoms with Crippen LogP contribution >= 0.6 is 0 Å². The van der Waals surface area contributed by atoms with E-state index in [9.17, 15) is 4.79 Å². The maximum absolute atomic E-state index is 10.8. The van der Waals surface area contributed by atoms with Gasteiger partial charge in [0.2, 0.25) is 0 Å². The minimum Gasteiger partial charge on any atom is -0.481 e. The molecule has 0 heterocycles. The van der Waals surface area contributed by atoms with Crippen molar-refractivity contribution in [1.82, 2.24) is 0 Å². The molecular weight excluding hydrogens is 204 g/mol. The summed E-state index contributed by atoms with van der Waals surface area (Å²) in [5, 5.41) is 8.86. The molecule has 1 aromatic rings. The number of benzene rings is 1. The zero-order chi connectivity index (χ0) is 12.0.